The summed E-state index contributed by atoms with van der Waals surface area (Å²) >= 11 is 1.38. The van der Waals surface area contributed by atoms with Gasteiger partial charge in [-0.3, -0.25) is 4.79 Å². The minimum atomic E-state index is -1.18. The number of nitrogens with zero attached hydrogens (tertiary/aromatic N) is 1. The minimum absolute atomic E-state index is 0.0777. The number of benzene rings is 1. The Bertz CT molecular complexity index is 909. The second kappa shape index (κ2) is 11.0. The van der Waals surface area contributed by atoms with Crippen LogP contribution in [0.15, 0.2) is 30.3 Å². The number of alkyl carbamates (subject to hydrolysis) is 1. The van der Waals surface area contributed by atoms with Gasteiger partial charge in [-0.15, -0.1) is 11.8 Å². The number of amides is 2. The number of carbonyl (C=O) groups excluding carboxylic acids is 4. The summed E-state index contributed by atoms with van der Waals surface area (Å²) in [4.78, 5) is 50.9. The van der Waals surface area contributed by atoms with Crippen molar-refractivity contribution in [2.45, 2.75) is 75.6 Å². The molecule has 186 valence electrons. The molecule has 1 aromatic carbocycles. The molecule has 0 bridgehead atoms. The highest BCUT2D eigenvalue weighted by Crippen LogP contribution is 2.51. The molecule has 2 aliphatic rings. The minimum Gasteiger partial charge on any atom is -0.445 e. The van der Waals surface area contributed by atoms with Gasteiger partial charge in [0.1, 0.15) is 24.1 Å². The topological polar surface area (TPSA) is 120 Å². The van der Waals surface area contributed by atoms with Crippen LogP contribution >= 0.6 is 11.8 Å². The van der Waals surface area contributed by atoms with E-state index in [-0.39, 0.29) is 13.2 Å². The van der Waals surface area contributed by atoms with Crippen molar-refractivity contribution in [3.8, 4) is 0 Å². The van der Waals surface area contributed by atoms with Crippen molar-refractivity contribution < 1.29 is 38.1 Å². The first-order valence-electron chi connectivity index (χ1n) is 11.1. The van der Waals surface area contributed by atoms with Crippen LogP contribution in [0.1, 0.15) is 46.1 Å². The van der Waals surface area contributed by atoms with Crippen LogP contribution < -0.4 is 5.32 Å². The fourth-order valence-corrected chi connectivity index (χ4v) is 5.36. The molecular weight excluding hydrogens is 464 g/mol. The van der Waals surface area contributed by atoms with E-state index < -0.39 is 52.6 Å². The molecule has 2 aliphatic heterocycles. The number of carbonyl (C=O) groups is 4. The molecule has 0 radical (unpaired) electrons. The summed E-state index contributed by atoms with van der Waals surface area (Å²) in [6, 6.07) is 7.46. The quantitative estimate of drug-likeness (QED) is 0.181. The molecular formula is C23H30N2O8S. The summed E-state index contributed by atoms with van der Waals surface area (Å²) in [6.07, 6.45) is -1.26. The number of ether oxygens (including phenoxy) is 4. The number of β-lactam (4-membered cyclic amide) rings is 1. The Morgan fingerprint density at radius 1 is 1.15 bits per heavy atom. The summed E-state index contributed by atoms with van der Waals surface area (Å²) in [5, 5.41) is 2.14. The van der Waals surface area contributed by atoms with E-state index in [1.54, 1.807) is 0 Å². The van der Waals surface area contributed by atoms with E-state index in [0.29, 0.717) is 6.42 Å². The summed E-state index contributed by atoms with van der Waals surface area (Å²) in [7, 11) is 0. The first-order valence-corrected chi connectivity index (χ1v) is 12.0. The molecule has 3 rings (SSSR count). The van der Waals surface area contributed by atoms with E-state index >= 15 is 0 Å². The van der Waals surface area contributed by atoms with Gasteiger partial charge >= 0.3 is 18.2 Å². The first kappa shape index (κ1) is 25.7. The number of hydrogen-bond donors (Lipinski definition) is 1. The summed E-state index contributed by atoms with van der Waals surface area (Å²) in [5.41, 5.74) is 0.823. The van der Waals surface area contributed by atoms with E-state index in [2.05, 4.69) is 5.32 Å². The number of thioether (sulfide) groups is 1. The Morgan fingerprint density at radius 2 is 1.85 bits per heavy atom. The molecule has 0 aliphatic carbocycles. The van der Waals surface area contributed by atoms with Gasteiger partial charge in [-0.2, -0.15) is 0 Å². The number of rotatable bonds is 9. The molecule has 2 amide bonds. The third-order valence-corrected chi connectivity index (χ3v) is 6.98. The largest absolute Gasteiger partial charge is 0.511 e. The average molecular weight is 495 g/mol. The molecule has 1 aromatic rings. The Kier molecular flexibility index (Phi) is 8.29. The first-order chi connectivity index (χ1) is 16.1. The van der Waals surface area contributed by atoms with Gasteiger partial charge < -0.3 is 29.2 Å². The van der Waals surface area contributed by atoms with Gasteiger partial charge in [0.15, 0.2) is 0 Å². The molecule has 2 saturated heterocycles. The van der Waals surface area contributed by atoms with Crippen molar-refractivity contribution >= 4 is 35.9 Å². The maximum absolute atomic E-state index is 12.9. The molecule has 0 aromatic heterocycles. The number of nitrogens with one attached hydrogen (secondary N) is 1. The van der Waals surface area contributed by atoms with Crippen molar-refractivity contribution in [2.24, 2.45) is 0 Å². The molecule has 2 heterocycles. The number of fused-ring (bicyclic) bond motifs is 1. The average Bonchev–Trinajstić information content (AvgIpc) is 3.04. The standard InChI is InChI=1S/C23H30N2O8S/c1-5-6-12-30-22(29)33-14(2)32-20(27)17-23(3,4)34-19-16(18(26)25(17)19)24-21(28)31-13-15-10-8-7-9-11-15/h7-11,14,16-17,19H,5-6,12-13H2,1-4H3,(H,24,28)/t14?,16?,17-,19+/m0/s1. The lowest BCUT2D eigenvalue weighted by atomic mass is 9.96. The summed E-state index contributed by atoms with van der Waals surface area (Å²) < 4.78 is 19.6. The molecule has 0 saturated carbocycles. The maximum atomic E-state index is 12.9. The smallest absolute Gasteiger partial charge is 0.445 e. The van der Waals surface area contributed by atoms with Gasteiger partial charge in [0.05, 0.1) is 6.61 Å². The van der Waals surface area contributed by atoms with Gasteiger partial charge in [0.2, 0.25) is 12.2 Å². The van der Waals surface area contributed by atoms with Crippen LogP contribution in [0.2, 0.25) is 0 Å². The Balaban J connectivity index is 1.52. The molecule has 0 spiro atoms. The second-order valence-electron chi connectivity index (χ2n) is 8.52. The monoisotopic (exact) mass is 494 g/mol. The van der Waals surface area contributed by atoms with Crippen molar-refractivity contribution in [1.82, 2.24) is 10.2 Å². The zero-order valence-electron chi connectivity index (χ0n) is 19.6. The van der Waals surface area contributed by atoms with E-state index in [4.69, 9.17) is 18.9 Å². The Labute approximate surface area is 202 Å². The zero-order chi connectivity index (χ0) is 24.9. The number of unbranched alkanes of at least 4 members (excludes halogenated alkanes) is 1. The third kappa shape index (κ3) is 5.94. The number of esters is 1. The van der Waals surface area contributed by atoms with Crippen LogP contribution in [-0.2, 0) is 35.1 Å². The van der Waals surface area contributed by atoms with Crippen molar-refractivity contribution in [1.29, 1.82) is 0 Å². The maximum Gasteiger partial charge on any atom is 0.511 e. The van der Waals surface area contributed by atoms with E-state index in [0.717, 1.165) is 12.0 Å². The highest BCUT2D eigenvalue weighted by molar-refractivity contribution is 8.01. The fourth-order valence-electron chi connectivity index (χ4n) is 3.74. The Morgan fingerprint density at radius 3 is 2.53 bits per heavy atom. The predicted octanol–water partition coefficient (Wildman–Crippen LogP) is 3.19. The highest BCUT2D eigenvalue weighted by atomic mass is 32.2. The van der Waals surface area contributed by atoms with Gasteiger partial charge in [-0.05, 0) is 25.8 Å². The fraction of sp³-hybridized carbons (Fsp3) is 0.565. The normalized spacial score (nSPS) is 23.2. The van der Waals surface area contributed by atoms with E-state index in [1.165, 1.54) is 23.6 Å². The van der Waals surface area contributed by atoms with Crippen LogP contribution in [0.25, 0.3) is 0 Å². The predicted molar refractivity (Wildman–Crippen MR) is 123 cm³/mol. The SMILES string of the molecule is CCCCOC(=O)OC(C)OC(=O)[C@@H]1N2C(=O)C(NC(=O)OCc3ccccc3)[C@H]2SC1(C)C. The van der Waals surface area contributed by atoms with Crippen LogP contribution in [0.5, 0.6) is 0 Å². The summed E-state index contributed by atoms with van der Waals surface area (Å²) in [6.45, 7) is 7.27. The third-order valence-electron chi connectivity index (χ3n) is 5.41. The molecule has 34 heavy (non-hydrogen) atoms. The van der Waals surface area contributed by atoms with Crippen LogP contribution in [-0.4, -0.2) is 64.1 Å². The molecule has 10 nitrogen and oxygen atoms in total. The van der Waals surface area contributed by atoms with Crippen molar-refractivity contribution in [3.63, 3.8) is 0 Å². The molecule has 1 N–H and O–H groups in total. The molecule has 2 fully saturated rings. The lowest BCUT2D eigenvalue weighted by Crippen LogP contribution is -2.70. The molecule has 4 atom stereocenters. The van der Waals surface area contributed by atoms with Gasteiger partial charge in [0.25, 0.3) is 0 Å². The van der Waals surface area contributed by atoms with Crippen molar-refractivity contribution in [2.75, 3.05) is 6.61 Å². The zero-order valence-corrected chi connectivity index (χ0v) is 20.5. The van der Waals surface area contributed by atoms with Crippen LogP contribution in [0.4, 0.5) is 9.59 Å². The van der Waals surface area contributed by atoms with Crippen LogP contribution in [0, 0.1) is 0 Å². The van der Waals surface area contributed by atoms with Gasteiger partial charge in [-0.25, -0.2) is 14.4 Å². The van der Waals surface area contributed by atoms with Crippen LogP contribution in [0.3, 0.4) is 0 Å². The highest BCUT2D eigenvalue weighted by Gasteiger charge is 2.64. The van der Waals surface area contributed by atoms with E-state index in [9.17, 15) is 19.2 Å². The van der Waals surface area contributed by atoms with Gasteiger partial charge in [0, 0.05) is 11.7 Å². The second-order valence-corrected chi connectivity index (χ2v) is 10.3. The summed E-state index contributed by atoms with van der Waals surface area (Å²) in [5.74, 6) is -1.11. The number of hydrogen-bond acceptors (Lipinski definition) is 9. The van der Waals surface area contributed by atoms with Gasteiger partial charge in [-0.1, -0.05) is 43.7 Å². The molecule has 2 unspecified atom stereocenters. The Hall–Kier alpha value is -2.95. The van der Waals surface area contributed by atoms with Crippen molar-refractivity contribution in [3.05, 3.63) is 35.9 Å². The lowest BCUT2D eigenvalue weighted by molar-refractivity contribution is -0.180. The lowest BCUT2D eigenvalue weighted by Gasteiger charge is -2.43. The molecule has 11 heteroatoms. The van der Waals surface area contributed by atoms with E-state index in [1.807, 2.05) is 51.1 Å².